The van der Waals surface area contributed by atoms with Crippen LogP contribution in [0, 0.1) is 0 Å². The Kier molecular flexibility index (Phi) is 5.61. The number of nitrogens with one attached hydrogen (secondary N) is 2. The van der Waals surface area contributed by atoms with Gasteiger partial charge >= 0.3 is 0 Å². The fourth-order valence-electron chi connectivity index (χ4n) is 3.58. The number of amides is 1. The van der Waals surface area contributed by atoms with Crippen molar-refractivity contribution >= 4 is 16.8 Å². The first-order chi connectivity index (χ1) is 14.2. The van der Waals surface area contributed by atoms with Crippen molar-refractivity contribution in [2.45, 2.75) is 18.9 Å². The van der Waals surface area contributed by atoms with E-state index in [0.29, 0.717) is 12.3 Å². The highest BCUT2D eigenvalue weighted by Crippen LogP contribution is 2.30. The number of fused-ring (bicyclic) bond motifs is 1. The van der Waals surface area contributed by atoms with Crippen LogP contribution in [-0.2, 0) is 4.79 Å². The van der Waals surface area contributed by atoms with Gasteiger partial charge in [0, 0.05) is 29.6 Å². The number of aromatic amines is 1. The van der Waals surface area contributed by atoms with Crippen LogP contribution in [0.15, 0.2) is 91.1 Å². The van der Waals surface area contributed by atoms with Gasteiger partial charge in [0.05, 0.1) is 0 Å². The molecule has 0 fully saturated rings. The Labute approximate surface area is 170 Å². The molecular formula is C25H24N2O2. The molecule has 0 saturated carbocycles. The third kappa shape index (κ3) is 4.32. The first kappa shape index (κ1) is 18.8. The highest BCUT2D eigenvalue weighted by Gasteiger charge is 2.21. The van der Waals surface area contributed by atoms with Gasteiger partial charge in [-0.3, -0.25) is 4.79 Å². The van der Waals surface area contributed by atoms with Crippen LogP contribution in [-0.4, -0.2) is 23.5 Å². The number of carbonyl (C=O) groups excluding carboxylic acids is 1. The third-order valence-corrected chi connectivity index (χ3v) is 5.10. The predicted octanol–water partition coefficient (Wildman–Crippen LogP) is 4.88. The van der Waals surface area contributed by atoms with Gasteiger partial charge in [-0.25, -0.2) is 0 Å². The minimum Gasteiger partial charge on any atom is -0.481 e. The topological polar surface area (TPSA) is 54.1 Å². The van der Waals surface area contributed by atoms with Crippen LogP contribution in [0.25, 0.3) is 10.9 Å². The molecule has 1 heterocycles. The maximum atomic E-state index is 12.7. The van der Waals surface area contributed by atoms with Crippen LogP contribution in [0.3, 0.4) is 0 Å². The first-order valence-electron chi connectivity index (χ1n) is 9.83. The van der Waals surface area contributed by atoms with Crippen molar-refractivity contribution in [2.75, 3.05) is 6.54 Å². The molecule has 0 bridgehead atoms. The van der Waals surface area contributed by atoms with Gasteiger partial charge in [-0.15, -0.1) is 0 Å². The summed E-state index contributed by atoms with van der Waals surface area (Å²) in [6.45, 7) is 2.26. The number of para-hydroxylation sites is 2. The number of ether oxygens (including phenoxy) is 1. The molecule has 1 aromatic heterocycles. The molecule has 0 aliphatic carbocycles. The van der Waals surface area contributed by atoms with Gasteiger partial charge in [0.1, 0.15) is 5.75 Å². The average molecular weight is 384 g/mol. The molecule has 29 heavy (non-hydrogen) atoms. The lowest BCUT2D eigenvalue weighted by molar-refractivity contribution is -0.127. The summed E-state index contributed by atoms with van der Waals surface area (Å²) in [6, 6.07) is 27.9. The zero-order valence-electron chi connectivity index (χ0n) is 16.3. The summed E-state index contributed by atoms with van der Waals surface area (Å²) in [5.74, 6) is 0.598. The van der Waals surface area contributed by atoms with E-state index in [0.717, 1.165) is 11.1 Å². The van der Waals surface area contributed by atoms with E-state index in [1.807, 2.05) is 66.9 Å². The van der Waals surface area contributed by atoms with E-state index in [-0.39, 0.29) is 11.8 Å². The Hall–Kier alpha value is -3.53. The fourth-order valence-corrected chi connectivity index (χ4v) is 3.58. The van der Waals surface area contributed by atoms with E-state index in [9.17, 15) is 4.79 Å². The summed E-state index contributed by atoms with van der Waals surface area (Å²) in [6.07, 6.45) is 1.47. The lowest BCUT2D eigenvalue weighted by atomic mass is 9.91. The van der Waals surface area contributed by atoms with Crippen molar-refractivity contribution in [3.05, 3.63) is 102 Å². The number of benzene rings is 3. The van der Waals surface area contributed by atoms with Gasteiger partial charge in [-0.05, 0) is 36.2 Å². The molecule has 0 unspecified atom stereocenters. The number of hydrogen-bond acceptors (Lipinski definition) is 2. The molecular weight excluding hydrogens is 360 g/mol. The second kappa shape index (κ2) is 8.65. The summed E-state index contributed by atoms with van der Waals surface area (Å²) in [7, 11) is 0. The molecule has 4 nitrogen and oxygen atoms in total. The van der Waals surface area contributed by atoms with Gasteiger partial charge in [0.15, 0.2) is 6.10 Å². The number of H-pyrrole nitrogens is 1. The van der Waals surface area contributed by atoms with Crippen molar-refractivity contribution < 1.29 is 9.53 Å². The molecule has 2 N–H and O–H groups in total. The summed E-state index contributed by atoms with van der Waals surface area (Å²) >= 11 is 0. The number of hydrogen-bond donors (Lipinski definition) is 2. The maximum absolute atomic E-state index is 12.7. The molecule has 1 amide bonds. The standard InChI is InChI=1S/C25H24N2O2/c1-18(29-20-12-6-3-7-13-20)25(28)27-16-22(19-10-4-2-5-11-19)23-17-26-24-15-9-8-14-21(23)24/h2-15,17-18,22,26H,16H2,1H3,(H,27,28)/t18-,22+/m1/s1. The van der Waals surface area contributed by atoms with E-state index >= 15 is 0 Å². The Balaban J connectivity index is 1.53. The fraction of sp³-hybridized carbons (Fsp3) is 0.160. The van der Waals surface area contributed by atoms with Gasteiger partial charge in [0.2, 0.25) is 0 Å². The second-order valence-electron chi connectivity index (χ2n) is 7.07. The molecule has 0 radical (unpaired) electrons. The number of carbonyl (C=O) groups is 1. The first-order valence-corrected chi connectivity index (χ1v) is 9.83. The van der Waals surface area contributed by atoms with Crippen molar-refractivity contribution in [3.8, 4) is 5.75 Å². The predicted molar refractivity (Wildman–Crippen MR) is 116 cm³/mol. The molecule has 2 atom stereocenters. The monoisotopic (exact) mass is 384 g/mol. The lowest BCUT2D eigenvalue weighted by Gasteiger charge is -2.20. The number of rotatable bonds is 7. The highest BCUT2D eigenvalue weighted by molar-refractivity contribution is 5.85. The molecule has 4 aromatic rings. The smallest absolute Gasteiger partial charge is 0.260 e. The van der Waals surface area contributed by atoms with E-state index in [2.05, 4.69) is 34.6 Å². The molecule has 146 valence electrons. The Morgan fingerprint density at radius 1 is 0.931 bits per heavy atom. The Morgan fingerprint density at radius 2 is 1.59 bits per heavy atom. The SMILES string of the molecule is C[C@@H](Oc1ccccc1)C(=O)NC[C@@H](c1ccccc1)c1c[nH]c2ccccc12. The second-order valence-corrected chi connectivity index (χ2v) is 7.07. The molecule has 0 spiro atoms. The summed E-state index contributed by atoms with van der Waals surface area (Å²) in [5, 5.41) is 4.25. The van der Waals surface area contributed by atoms with Crippen LogP contribution in [0.2, 0.25) is 0 Å². The zero-order valence-corrected chi connectivity index (χ0v) is 16.3. The Bertz CT molecular complexity index is 1070. The molecule has 3 aromatic carbocycles. The van der Waals surface area contributed by atoms with Gasteiger partial charge in [-0.2, -0.15) is 0 Å². The quantitative estimate of drug-likeness (QED) is 0.477. The van der Waals surface area contributed by atoms with E-state index in [1.54, 1.807) is 6.92 Å². The van der Waals surface area contributed by atoms with E-state index < -0.39 is 6.10 Å². The van der Waals surface area contributed by atoms with Crippen molar-refractivity contribution in [3.63, 3.8) is 0 Å². The van der Waals surface area contributed by atoms with E-state index in [4.69, 9.17) is 4.74 Å². The van der Waals surface area contributed by atoms with E-state index in [1.165, 1.54) is 10.9 Å². The van der Waals surface area contributed by atoms with Crippen LogP contribution in [0.4, 0.5) is 0 Å². The molecule has 0 aliphatic heterocycles. The van der Waals surface area contributed by atoms with Crippen LogP contribution in [0.5, 0.6) is 5.75 Å². The minimum absolute atomic E-state index is 0.0419. The summed E-state index contributed by atoms with van der Waals surface area (Å²) < 4.78 is 5.76. The molecule has 4 heteroatoms. The maximum Gasteiger partial charge on any atom is 0.260 e. The highest BCUT2D eigenvalue weighted by atomic mass is 16.5. The summed E-state index contributed by atoms with van der Waals surface area (Å²) in [5.41, 5.74) is 3.42. The Morgan fingerprint density at radius 3 is 2.34 bits per heavy atom. The van der Waals surface area contributed by atoms with Gasteiger partial charge < -0.3 is 15.0 Å². The van der Waals surface area contributed by atoms with Gasteiger partial charge in [0.25, 0.3) is 5.91 Å². The van der Waals surface area contributed by atoms with Crippen LogP contribution >= 0.6 is 0 Å². The minimum atomic E-state index is -0.572. The average Bonchev–Trinajstić information content (AvgIpc) is 3.19. The van der Waals surface area contributed by atoms with Crippen molar-refractivity contribution in [1.82, 2.24) is 10.3 Å². The lowest BCUT2D eigenvalue weighted by Crippen LogP contribution is -2.38. The van der Waals surface area contributed by atoms with Crippen LogP contribution < -0.4 is 10.1 Å². The molecule has 4 rings (SSSR count). The van der Waals surface area contributed by atoms with Crippen LogP contribution in [0.1, 0.15) is 24.0 Å². The molecule has 0 saturated heterocycles. The van der Waals surface area contributed by atoms with Crippen molar-refractivity contribution in [1.29, 1.82) is 0 Å². The number of aromatic nitrogens is 1. The zero-order chi connectivity index (χ0) is 20.1. The van der Waals surface area contributed by atoms with Gasteiger partial charge in [-0.1, -0.05) is 66.7 Å². The third-order valence-electron chi connectivity index (χ3n) is 5.10. The largest absolute Gasteiger partial charge is 0.481 e. The van der Waals surface area contributed by atoms with Crippen molar-refractivity contribution in [2.24, 2.45) is 0 Å². The molecule has 0 aliphatic rings. The normalized spacial score (nSPS) is 13.0. The summed E-state index contributed by atoms with van der Waals surface area (Å²) in [4.78, 5) is 16.0.